The molecule has 140 valence electrons. The van der Waals surface area contributed by atoms with Crippen molar-refractivity contribution in [1.29, 1.82) is 0 Å². The molecule has 2 rings (SSSR count). The highest BCUT2D eigenvalue weighted by molar-refractivity contribution is 9.10. The Kier molecular flexibility index (Phi) is 7.31. The van der Waals surface area contributed by atoms with Crippen LogP contribution in [0.2, 0.25) is 0 Å². The molecule has 0 aliphatic carbocycles. The van der Waals surface area contributed by atoms with E-state index in [1.165, 1.54) is 0 Å². The third kappa shape index (κ3) is 6.04. The number of aliphatic imine (C=N–C) groups is 1. The molecule has 1 amide bonds. The van der Waals surface area contributed by atoms with E-state index in [1.807, 2.05) is 25.2 Å². The average molecular weight is 414 g/mol. The first-order valence-corrected chi connectivity index (χ1v) is 9.28. The standard InChI is InChI=1S/C17H28BrN5O2/c1-21(2)16(24)10-20-17(19-9-15-6-5-7-25-15)23(4)12-14-8-13(18)11-22(14)3/h8,11,15H,5-7,9-10,12H2,1-4H3,(H,19,20). The van der Waals surface area contributed by atoms with E-state index in [9.17, 15) is 4.79 Å². The number of aryl methyl sites for hydroxylation is 1. The molecule has 1 aliphatic rings. The normalized spacial score (nSPS) is 17.6. The van der Waals surface area contributed by atoms with E-state index in [4.69, 9.17) is 4.74 Å². The van der Waals surface area contributed by atoms with E-state index in [0.717, 1.165) is 29.6 Å². The van der Waals surface area contributed by atoms with Crippen LogP contribution in [0.3, 0.4) is 0 Å². The molecule has 1 unspecified atom stereocenters. The second-order valence-electron chi connectivity index (χ2n) is 6.56. The fraction of sp³-hybridized carbons (Fsp3) is 0.647. The number of guanidine groups is 1. The van der Waals surface area contributed by atoms with Crippen molar-refractivity contribution in [3.05, 3.63) is 22.4 Å². The number of ether oxygens (including phenoxy) is 1. The Balaban J connectivity index is 2.03. The minimum Gasteiger partial charge on any atom is -0.376 e. The lowest BCUT2D eigenvalue weighted by Crippen LogP contribution is -2.42. The minimum absolute atomic E-state index is 0.0218. The molecule has 2 heterocycles. The maximum absolute atomic E-state index is 11.9. The number of hydrogen-bond donors (Lipinski definition) is 1. The fourth-order valence-electron chi connectivity index (χ4n) is 2.65. The zero-order chi connectivity index (χ0) is 18.4. The molecule has 0 aromatic carbocycles. The second kappa shape index (κ2) is 9.24. The predicted octanol–water partition coefficient (Wildman–Crippen LogP) is 1.43. The van der Waals surface area contributed by atoms with Gasteiger partial charge in [0.05, 0.1) is 12.6 Å². The third-order valence-electron chi connectivity index (χ3n) is 4.21. The molecule has 8 heteroatoms. The lowest BCUT2D eigenvalue weighted by molar-refractivity contribution is -0.127. The zero-order valence-electron chi connectivity index (χ0n) is 15.5. The average Bonchev–Trinajstić information content (AvgIpc) is 3.16. The minimum atomic E-state index is -0.0218. The van der Waals surface area contributed by atoms with Gasteiger partial charge in [-0.15, -0.1) is 0 Å². The highest BCUT2D eigenvalue weighted by atomic mass is 79.9. The van der Waals surface area contributed by atoms with Gasteiger partial charge < -0.3 is 24.4 Å². The van der Waals surface area contributed by atoms with E-state index in [0.29, 0.717) is 19.0 Å². The van der Waals surface area contributed by atoms with Crippen LogP contribution in [-0.2, 0) is 23.1 Å². The number of likely N-dealkylation sites (N-methyl/N-ethyl adjacent to an activating group) is 1. The molecule has 1 aliphatic heterocycles. The monoisotopic (exact) mass is 413 g/mol. The molecular formula is C17H28BrN5O2. The number of hydrogen-bond acceptors (Lipinski definition) is 3. The number of carbonyl (C=O) groups is 1. The number of amides is 1. The Morgan fingerprint density at radius 3 is 2.80 bits per heavy atom. The van der Waals surface area contributed by atoms with Crippen molar-refractivity contribution >= 4 is 27.8 Å². The van der Waals surface area contributed by atoms with Gasteiger partial charge in [0.25, 0.3) is 0 Å². The lowest BCUT2D eigenvalue weighted by Gasteiger charge is -2.24. The SMILES string of the molecule is CN(C)C(=O)CN=C(NCC1CCCO1)N(C)Cc1cc(Br)cn1C. The molecule has 0 saturated carbocycles. The van der Waals surface area contributed by atoms with Crippen molar-refractivity contribution in [3.8, 4) is 0 Å². The van der Waals surface area contributed by atoms with Gasteiger partial charge in [-0.2, -0.15) is 0 Å². The van der Waals surface area contributed by atoms with Crippen LogP contribution in [0.15, 0.2) is 21.7 Å². The van der Waals surface area contributed by atoms with Crippen LogP contribution in [0.25, 0.3) is 0 Å². The summed E-state index contributed by atoms with van der Waals surface area (Å²) in [7, 11) is 7.47. The summed E-state index contributed by atoms with van der Waals surface area (Å²) in [6.07, 6.45) is 4.40. The first-order valence-electron chi connectivity index (χ1n) is 8.48. The predicted molar refractivity (Wildman–Crippen MR) is 103 cm³/mol. The van der Waals surface area contributed by atoms with Gasteiger partial charge in [0.2, 0.25) is 5.91 Å². The summed E-state index contributed by atoms with van der Waals surface area (Å²) in [4.78, 5) is 20.0. The van der Waals surface area contributed by atoms with Gasteiger partial charge in [0.15, 0.2) is 5.96 Å². The van der Waals surface area contributed by atoms with Crippen LogP contribution in [0, 0.1) is 0 Å². The Morgan fingerprint density at radius 1 is 1.48 bits per heavy atom. The Morgan fingerprint density at radius 2 is 2.24 bits per heavy atom. The molecule has 0 spiro atoms. The van der Waals surface area contributed by atoms with Crippen LogP contribution in [0.4, 0.5) is 0 Å². The summed E-state index contributed by atoms with van der Waals surface area (Å²) in [6.45, 7) is 2.35. The van der Waals surface area contributed by atoms with Crippen molar-refractivity contribution in [2.75, 3.05) is 40.8 Å². The summed E-state index contributed by atoms with van der Waals surface area (Å²) in [5, 5.41) is 3.36. The topological polar surface area (TPSA) is 62.1 Å². The van der Waals surface area contributed by atoms with E-state index in [2.05, 4.69) is 36.9 Å². The maximum Gasteiger partial charge on any atom is 0.243 e. The van der Waals surface area contributed by atoms with Gasteiger partial charge in [-0.25, -0.2) is 4.99 Å². The highest BCUT2D eigenvalue weighted by Crippen LogP contribution is 2.15. The Hall–Kier alpha value is -1.54. The van der Waals surface area contributed by atoms with E-state index < -0.39 is 0 Å². The van der Waals surface area contributed by atoms with Gasteiger partial charge >= 0.3 is 0 Å². The molecular weight excluding hydrogens is 386 g/mol. The smallest absolute Gasteiger partial charge is 0.243 e. The van der Waals surface area contributed by atoms with E-state index in [-0.39, 0.29) is 18.6 Å². The molecule has 1 saturated heterocycles. The molecule has 1 N–H and O–H groups in total. The highest BCUT2D eigenvalue weighted by Gasteiger charge is 2.18. The summed E-state index contributed by atoms with van der Waals surface area (Å²) in [5.74, 6) is 0.689. The fourth-order valence-corrected chi connectivity index (χ4v) is 3.22. The maximum atomic E-state index is 11.9. The summed E-state index contributed by atoms with van der Waals surface area (Å²) in [5.41, 5.74) is 1.15. The number of rotatable bonds is 6. The van der Waals surface area contributed by atoms with Crippen molar-refractivity contribution in [3.63, 3.8) is 0 Å². The Bertz CT molecular complexity index is 608. The Labute approximate surface area is 158 Å². The molecule has 1 atom stereocenters. The van der Waals surface area contributed by atoms with Crippen molar-refractivity contribution in [2.45, 2.75) is 25.5 Å². The van der Waals surface area contributed by atoms with E-state index >= 15 is 0 Å². The lowest BCUT2D eigenvalue weighted by atomic mass is 10.2. The van der Waals surface area contributed by atoms with Crippen LogP contribution in [-0.4, -0.2) is 73.2 Å². The molecule has 1 aromatic rings. The number of aromatic nitrogens is 1. The number of nitrogens with zero attached hydrogens (tertiary/aromatic N) is 4. The van der Waals surface area contributed by atoms with Gasteiger partial charge in [-0.3, -0.25) is 4.79 Å². The molecule has 1 aromatic heterocycles. The van der Waals surface area contributed by atoms with Gasteiger partial charge in [-0.1, -0.05) is 0 Å². The first-order chi connectivity index (χ1) is 11.9. The van der Waals surface area contributed by atoms with Crippen molar-refractivity contribution in [2.24, 2.45) is 12.0 Å². The van der Waals surface area contributed by atoms with Crippen LogP contribution < -0.4 is 5.32 Å². The number of nitrogens with one attached hydrogen (secondary N) is 1. The van der Waals surface area contributed by atoms with Crippen LogP contribution in [0.5, 0.6) is 0 Å². The summed E-state index contributed by atoms with van der Waals surface area (Å²) < 4.78 is 8.79. The first kappa shape index (κ1) is 19.8. The van der Waals surface area contributed by atoms with Crippen LogP contribution >= 0.6 is 15.9 Å². The zero-order valence-corrected chi connectivity index (χ0v) is 17.0. The molecule has 0 bridgehead atoms. The van der Waals surface area contributed by atoms with Crippen molar-refractivity contribution < 1.29 is 9.53 Å². The second-order valence-corrected chi connectivity index (χ2v) is 7.48. The third-order valence-corrected chi connectivity index (χ3v) is 4.64. The summed E-state index contributed by atoms with van der Waals surface area (Å²) >= 11 is 3.50. The van der Waals surface area contributed by atoms with Crippen LogP contribution in [0.1, 0.15) is 18.5 Å². The largest absolute Gasteiger partial charge is 0.376 e. The molecule has 25 heavy (non-hydrogen) atoms. The number of carbonyl (C=O) groups excluding carboxylic acids is 1. The number of halogens is 1. The van der Waals surface area contributed by atoms with Gasteiger partial charge in [-0.05, 0) is 34.8 Å². The molecule has 1 fully saturated rings. The summed E-state index contributed by atoms with van der Waals surface area (Å²) in [6, 6.07) is 2.08. The van der Waals surface area contributed by atoms with Gasteiger partial charge in [0.1, 0.15) is 6.54 Å². The van der Waals surface area contributed by atoms with Gasteiger partial charge in [0, 0.05) is 57.7 Å². The van der Waals surface area contributed by atoms with E-state index in [1.54, 1.807) is 19.0 Å². The molecule has 7 nitrogen and oxygen atoms in total. The quantitative estimate of drug-likeness (QED) is 0.565. The molecule has 0 radical (unpaired) electrons. The van der Waals surface area contributed by atoms with Crippen molar-refractivity contribution in [1.82, 2.24) is 19.7 Å².